The third kappa shape index (κ3) is 6.36. The Bertz CT molecular complexity index is 1200. The van der Waals surface area contributed by atoms with Gasteiger partial charge in [-0.25, -0.2) is 4.79 Å². The van der Waals surface area contributed by atoms with Crippen LogP contribution < -0.4 is 5.32 Å². The summed E-state index contributed by atoms with van der Waals surface area (Å²) in [6.07, 6.45) is 1.23. The molecule has 2 amide bonds. The Kier molecular flexibility index (Phi) is 8.56. The molecule has 4 rings (SSSR count). The number of hydrogen-bond acceptors (Lipinski definition) is 4. The Labute approximate surface area is 217 Å². The topological polar surface area (TPSA) is 95.9 Å². The van der Waals surface area contributed by atoms with Gasteiger partial charge in [0.05, 0.1) is 0 Å². The van der Waals surface area contributed by atoms with E-state index in [0.29, 0.717) is 12.8 Å². The van der Waals surface area contributed by atoms with Crippen LogP contribution in [0.2, 0.25) is 0 Å². The molecular formula is C30H32N2O5. The number of nitrogens with one attached hydrogen (secondary N) is 1. The molecule has 7 nitrogen and oxygen atoms in total. The molecule has 192 valence electrons. The molecule has 1 aliphatic rings. The highest BCUT2D eigenvalue weighted by Crippen LogP contribution is 2.44. The van der Waals surface area contributed by atoms with E-state index in [1.54, 1.807) is 0 Å². The predicted molar refractivity (Wildman–Crippen MR) is 141 cm³/mol. The van der Waals surface area contributed by atoms with Gasteiger partial charge >= 0.3 is 12.1 Å². The van der Waals surface area contributed by atoms with Crippen molar-refractivity contribution in [3.8, 4) is 11.1 Å². The normalized spacial score (nSPS) is 12.8. The van der Waals surface area contributed by atoms with Crippen molar-refractivity contribution in [3.05, 3.63) is 95.6 Å². The molecule has 37 heavy (non-hydrogen) atoms. The van der Waals surface area contributed by atoms with E-state index in [0.717, 1.165) is 34.2 Å². The summed E-state index contributed by atoms with van der Waals surface area (Å²) >= 11 is 0. The average Bonchev–Trinajstić information content (AvgIpc) is 3.23. The van der Waals surface area contributed by atoms with Gasteiger partial charge in [-0.15, -0.1) is 0 Å². The molecule has 0 saturated carbocycles. The first-order valence-electron chi connectivity index (χ1n) is 12.6. The van der Waals surface area contributed by atoms with Gasteiger partial charge in [0.1, 0.15) is 19.2 Å². The van der Waals surface area contributed by atoms with Crippen LogP contribution in [0.1, 0.15) is 48.8 Å². The van der Waals surface area contributed by atoms with E-state index < -0.39 is 30.6 Å². The van der Waals surface area contributed by atoms with E-state index in [9.17, 15) is 19.5 Å². The number of nitrogens with zero attached hydrogens (tertiary/aromatic N) is 1. The Morgan fingerprint density at radius 3 is 2.11 bits per heavy atom. The van der Waals surface area contributed by atoms with Crippen LogP contribution in [0.4, 0.5) is 4.79 Å². The summed E-state index contributed by atoms with van der Waals surface area (Å²) in [5, 5.41) is 12.1. The summed E-state index contributed by atoms with van der Waals surface area (Å²) in [5.74, 6) is -1.64. The number of carboxylic acids is 1. The predicted octanol–water partition coefficient (Wildman–Crippen LogP) is 5.20. The first-order chi connectivity index (χ1) is 18.0. The zero-order chi connectivity index (χ0) is 26.2. The average molecular weight is 501 g/mol. The standard InChI is InChI=1S/C30H32N2O5/c1-2-3-17-27(29(35)32(19-28(33)34)18-21-11-5-4-6-12-21)31-30(36)37-20-26-24-15-9-7-13-22(24)23-14-8-10-16-25(23)26/h4-16,26-27H,2-3,17-20H2,1H3,(H,31,36)(H,33,34)/t27-/m0/s1. The van der Waals surface area contributed by atoms with E-state index in [4.69, 9.17) is 4.74 Å². The lowest BCUT2D eigenvalue weighted by molar-refractivity contribution is -0.145. The highest BCUT2D eigenvalue weighted by Gasteiger charge is 2.31. The first kappa shape index (κ1) is 25.9. The molecule has 0 spiro atoms. The summed E-state index contributed by atoms with van der Waals surface area (Å²) < 4.78 is 5.64. The second kappa shape index (κ2) is 12.2. The van der Waals surface area contributed by atoms with Crippen molar-refractivity contribution in [3.63, 3.8) is 0 Å². The van der Waals surface area contributed by atoms with Crippen LogP contribution >= 0.6 is 0 Å². The van der Waals surface area contributed by atoms with Gasteiger partial charge in [0.25, 0.3) is 0 Å². The number of benzene rings is 3. The fourth-order valence-electron chi connectivity index (χ4n) is 4.85. The van der Waals surface area contributed by atoms with E-state index in [2.05, 4.69) is 17.4 Å². The number of aliphatic carboxylic acids is 1. The van der Waals surface area contributed by atoms with Crippen LogP contribution in [0.3, 0.4) is 0 Å². The SMILES string of the molecule is CCCC[C@H](NC(=O)OCC1c2ccccc2-c2ccccc21)C(=O)N(CC(=O)O)Cc1ccccc1. The number of hydrogen-bond donors (Lipinski definition) is 2. The van der Waals surface area contributed by atoms with Gasteiger partial charge in [-0.1, -0.05) is 98.6 Å². The molecule has 0 saturated heterocycles. The molecule has 0 bridgehead atoms. The van der Waals surface area contributed by atoms with Gasteiger partial charge in [0, 0.05) is 12.5 Å². The van der Waals surface area contributed by atoms with Crippen molar-refractivity contribution in [2.45, 2.75) is 44.7 Å². The number of carboxylic acid groups (broad SMARTS) is 1. The number of amides is 2. The molecule has 1 aliphatic carbocycles. The fraction of sp³-hybridized carbons (Fsp3) is 0.300. The zero-order valence-electron chi connectivity index (χ0n) is 20.9. The number of fused-ring (bicyclic) bond motifs is 3. The van der Waals surface area contributed by atoms with Crippen molar-refractivity contribution < 1.29 is 24.2 Å². The molecule has 3 aromatic rings. The molecule has 0 fully saturated rings. The van der Waals surface area contributed by atoms with Gasteiger partial charge in [-0.2, -0.15) is 0 Å². The molecule has 7 heteroatoms. The van der Waals surface area contributed by atoms with Crippen molar-refractivity contribution in [2.75, 3.05) is 13.2 Å². The van der Waals surface area contributed by atoms with Crippen LogP contribution in [0.15, 0.2) is 78.9 Å². The molecule has 0 radical (unpaired) electrons. The Morgan fingerprint density at radius 1 is 0.919 bits per heavy atom. The maximum absolute atomic E-state index is 13.4. The minimum atomic E-state index is -1.11. The van der Waals surface area contributed by atoms with Crippen LogP contribution in [0.25, 0.3) is 11.1 Å². The van der Waals surface area contributed by atoms with Crippen molar-refractivity contribution in [2.24, 2.45) is 0 Å². The van der Waals surface area contributed by atoms with Gasteiger partial charge in [0.2, 0.25) is 5.91 Å². The van der Waals surface area contributed by atoms with Crippen LogP contribution in [-0.2, 0) is 20.9 Å². The molecule has 0 aliphatic heterocycles. The van der Waals surface area contributed by atoms with Gasteiger partial charge in [0.15, 0.2) is 0 Å². The second-order valence-corrected chi connectivity index (χ2v) is 9.24. The Hall–Kier alpha value is -4.13. The molecule has 0 unspecified atom stereocenters. The molecule has 0 heterocycles. The zero-order valence-corrected chi connectivity index (χ0v) is 20.9. The number of alkyl carbamates (subject to hydrolysis) is 1. The second-order valence-electron chi connectivity index (χ2n) is 9.24. The van der Waals surface area contributed by atoms with E-state index in [1.165, 1.54) is 4.90 Å². The minimum absolute atomic E-state index is 0.0930. The van der Waals surface area contributed by atoms with Crippen LogP contribution in [0, 0.1) is 0 Å². The summed E-state index contributed by atoms with van der Waals surface area (Å²) in [7, 11) is 0. The maximum Gasteiger partial charge on any atom is 0.407 e. The Morgan fingerprint density at radius 2 is 1.51 bits per heavy atom. The molecule has 0 aromatic heterocycles. The van der Waals surface area contributed by atoms with E-state index in [-0.39, 0.29) is 19.1 Å². The lowest BCUT2D eigenvalue weighted by Crippen LogP contribution is -2.49. The number of ether oxygens (including phenoxy) is 1. The summed E-state index contributed by atoms with van der Waals surface area (Å²) in [6.45, 7) is 1.81. The largest absolute Gasteiger partial charge is 0.480 e. The highest BCUT2D eigenvalue weighted by molar-refractivity contribution is 5.88. The lowest BCUT2D eigenvalue weighted by Gasteiger charge is -2.27. The van der Waals surface area contributed by atoms with E-state index >= 15 is 0 Å². The van der Waals surface area contributed by atoms with Gasteiger partial charge < -0.3 is 20.1 Å². The highest BCUT2D eigenvalue weighted by atomic mass is 16.5. The third-order valence-corrected chi connectivity index (χ3v) is 6.63. The molecule has 1 atom stereocenters. The first-order valence-corrected chi connectivity index (χ1v) is 12.6. The minimum Gasteiger partial charge on any atom is -0.480 e. The summed E-state index contributed by atoms with van der Waals surface area (Å²) in [5.41, 5.74) is 5.28. The van der Waals surface area contributed by atoms with Crippen molar-refractivity contribution in [1.29, 1.82) is 0 Å². The number of carbonyl (C=O) groups excluding carboxylic acids is 2. The monoisotopic (exact) mass is 500 g/mol. The Balaban J connectivity index is 1.45. The number of rotatable bonds is 11. The maximum atomic E-state index is 13.4. The number of carbonyl (C=O) groups is 3. The third-order valence-electron chi connectivity index (χ3n) is 6.63. The van der Waals surface area contributed by atoms with E-state index in [1.807, 2.05) is 73.7 Å². The van der Waals surface area contributed by atoms with Crippen molar-refractivity contribution in [1.82, 2.24) is 10.2 Å². The molecule has 2 N–H and O–H groups in total. The number of unbranched alkanes of at least 4 members (excludes halogenated alkanes) is 1. The molecular weight excluding hydrogens is 468 g/mol. The van der Waals surface area contributed by atoms with Crippen LogP contribution in [0.5, 0.6) is 0 Å². The quantitative estimate of drug-likeness (QED) is 0.377. The summed E-state index contributed by atoms with van der Waals surface area (Å²) in [4.78, 5) is 39.1. The summed E-state index contributed by atoms with van der Waals surface area (Å²) in [6, 6.07) is 24.5. The lowest BCUT2D eigenvalue weighted by atomic mass is 9.98. The van der Waals surface area contributed by atoms with Gasteiger partial charge in [-0.05, 0) is 34.2 Å². The van der Waals surface area contributed by atoms with Crippen LogP contribution in [-0.4, -0.2) is 47.2 Å². The molecule has 3 aromatic carbocycles. The van der Waals surface area contributed by atoms with Crippen molar-refractivity contribution >= 4 is 18.0 Å². The fourth-order valence-corrected chi connectivity index (χ4v) is 4.85. The smallest absolute Gasteiger partial charge is 0.407 e. The van der Waals surface area contributed by atoms with Gasteiger partial charge in [-0.3, -0.25) is 9.59 Å².